The van der Waals surface area contributed by atoms with Crippen molar-refractivity contribution in [2.24, 2.45) is 0 Å². The van der Waals surface area contributed by atoms with Gasteiger partial charge in [0.25, 0.3) is 0 Å². The van der Waals surface area contributed by atoms with Crippen molar-refractivity contribution < 1.29 is 0 Å². The number of nitrogens with zero attached hydrogens (tertiary/aromatic N) is 5. The number of benzene rings is 8. The summed E-state index contributed by atoms with van der Waals surface area (Å²) in [6, 6.07) is 71.9. The van der Waals surface area contributed by atoms with Crippen molar-refractivity contribution in [2.75, 3.05) is 4.90 Å². The molecule has 5 heteroatoms. The maximum Gasteiger partial charge on any atom is 0.0928 e. The largest absolute Gasteiger partial charge is 0.311 e. The summed E-state index contributed by atoms with van der Waals surface area (Å²) >= 11 is 0. The van der Waals surface area contributed by atoms with E-state index in [9.17, 15) is 0 Å². The van der Waals surface area contributed by atoms with Gasteiger partial charge < -0.3 is 4.90 Å². The Kier molecular flexibility index (Phi) is 11.8. The maximum absolute atomic E-state index is 5.24. The van der Waals surface area contributed by atoms with Crippen molar-refractivity contribution in [2.45, 2.75) is 76.0 Å². The second kappa shape index (κ2) is 19.1. The van der Waals surface area contributed by atoms with E-state index in [0.717, 1.165) is 73.0 Å². The predicted molar refractivity (Wildman–Crippen MR) is 286 cm³/mol. The number of aromatic nitrogens is 4. The van der Waals surface area contributed by atoms with Gasteiger partial charge in [0.05, 0.1) is 44.8 Å². The third kappa shape index (κ3) is 8.82. The number of anilines is 3. The van der Waals surface area contributed by atoms with Crippen LogP contribution in [0.25, 0.3) is 78.0 Å². The minimum Gasteiger partial charge on any atom is -0.311 e. The van der Waals surface area contributed by atoms with Crippen LogP contribution >= 0.6 is 0 Å². The third-order valence-electron chi connectivity index (χ3n) is 14.6. The van der Waals surface area contributed by atoms with E-state index in [4.69, 9.17) is 19.9 Å². The van der Waals surface area contributed by atoms with Crippen LogP contribution in [0.3, 0.4) is 0 Å². The molecule has 0 unspecified atom stereocenters. The summed E-state index contributed by atoms with van der Waals surface area (Å²) in [5.74, 6) is 0.907. The summed E-state index contributed by atoms with van der Waals surface area (Å²) in [6.45, 7) is 0. The van der Waals surface area contributed by atoms with Crippen molar-refractivity contribution in [1.29, 1.82) is 0 Å². The molecule has 0 bridgehead atoms. The zero-order valence-corrected chi connectivity index (χ0v) is 39.0. The number of hydrogen-bond acceptors (Lipinski definition) is 5. The average molecular weight is 894 g/mol. The quantitative estimate of drug-likeness (QED) is 0.137. The lowest BCUT2D eigenvalue weighted by molar-refractivity contribution is 0.437. The second-order valence-electron chi connectivity index (χ2n) is 19.1. The highest BCUT2D eigenvalue weighted by molar-refractivity contribution is 5.84. The molecule has 0 aliphatic heterocycles. The van der Waals surface area contributed by atoms with Gasteiger partial charge in [-0.05, 0) is 120 Å². The Labute approximate surface area is 405 Å². The zero-order chi connectivity index (χ0) is 45.9. The maximum atomic E-state index is 5.24. The highest BCUT2D eigenvalue weighted by Gasteiger charge is 2.25. The second-order valence-corrected chi connectivity index (χ2v) is 19.1. The van der Waals surface area contributed by atoms with Gasteiger partial charge >= 0.3 is 0 Å². The van der Waals surface area contributed by atoms with Gasteiger partial charge in [-0.2, -0.15) is 0 Å². The molecule has 12 rings (SSSR count). The van der Waals surface area contributed by atoms with E-state index >= 15 is 0 Å². The van der Waals surface area contributed by atoms with Gasteiger partial charge in [0.1, 0.15) is 0 Å². The van der Waals surface area contributed by atoms with Crippen molar-refractivity contribution >= 4 is 39.1 Å². The lowest BCUT2D eigenvalue weighted by Crippen LogP contribution is -2.10. The molecule has 0 amide bonds. The molecular formula is C64H55N5. The molecule has 2 aromatic heterocycles. The molecule has 0 atom stereocenters. The lowest BCUT2D eigenvalue weighted by atomic mass is 9.85. The van der Waals surface area contributed by atoms with Gasteiger partial charge in [0.15, 0.2) is 0 Å². The normalized spacial score (nSPS) is 14.6. The van der Waals surface area contributed by atoms with Gasteiger partial charge in [-0.25, -0.2) is 19.9 Å². The van der Waals surface area contributed by atoms with Crippen molar-refractivity contribution in [1.82, 2.24) is 19.9 Å². The van der Waals surface area contributed by atoms with Crippen LogP contribution in [0.4, 0.5) is 17.1 Å². The fourth-order valence-corrected chi connectivity index (χ4v) is 10.9. The molecule has 2 heterocycles. The Bertz CT molecular complexity index is 3170. The molecule has 10 aromatic rings. The Balaban J connectivity index is 0.840. The standard InChI is InChI=1S/C64H55N5/c1-4-14-44(15-5-1)47-32-38-54(39-33-47)69(55-40-34-48(35-41-55)45-24-28-52(29-25-45)63-61(50-16-6-2-7-17-50)65-57-20-10-12-22-59(57)67-63)56-42-36-49(37-43-56)46-26-30-53(31-27-46)64-62(51-18-8-3-9-19-51)66-58-21-11-13-23-60(58)68-64/h1,4-5,10-15,20-43,50-51H,2-3,6-9,16-19H2. The molecule has 5 nitrogen and oxygen atoms in total. The van der Waals surface area contributed by atoms with Gasteiger partial charge in [-0.1, -0.05) is 178 Å². The van der Waals surface area contributed by atoms with Crippen LogP contribution in [-0.4, -0.2) is 19.9 Å². The van der Waals surface area contributed by atoms with Crippen LogP contribution in [0.15, 0.2) is 200 Å². The van der Waals surface area contributed by atoms with Gasteiger partial charge in [0.2, 0.25) is 0 Å². The van der Waals surface area contributed by atoms with E-state index in [1.165, 1.54) is 97.6 Å². The summed E-state index contributed by atoms with van der Waals surface area (Å²) < 4.78 is 0. The third-order valence-corrected chi connectivity index (χ3v) is 14.6. The Hall–Kier alpha value is -7.76. The topological polar surface area (TPSA) is 54.8 Å². The minimum atomic E-state index is 0.454. The fourth-order valence-electron chi connectivity index (χ4n) is 10.9. The number of fused-ring (bicyclic) bond motifs is 2. The molecular weight excluding hydrogens is 839 g/mol. The van der Waals surface area contributed by atoms with E-state index in [2.05, 4.69) is 205 Å². The van der Waals surface area contributed by atoms with Gasteiger partial charge in [0, 0.05) is 40.0 Å². The van der Waals surface area contributed by atoms with Crippen LogP contribution in [0.2, 0.25) is 0 Å². The van der Waals surface area contributed by atoms with Crippen LogP contribution in [0.1, 0.15) is 87.4 Å². The first-order valence-electron chi connectivity index (χ1n) is 25.1. The lowest BCUT2D eigenvalue weighted by Gasteiger charge is -2.26. The molecule has 0 N–H and O–H groups in total. The molecule has 336 valence electrons. The van der Waals surface area contributed by atoms with Crippen LogP contribution in [-0.2, 0) is 0 Å². The molecule has 2 aliphatic rings. The van der Waals surface area contributed by atoms with E-state index in [0.29, 0.717) is 11.8 Å². The van der Waals surface area contributed by atoms with Crippen molar-refractivity contribution in [3.05, 3.63) is 212 Å². The molecule has 2 saturated carbocycles. The van der Waals surface area contributed by atoms with E-state index in [1.807, 2.05) is 0 Å². The molecule has 0 saturated heterocycles. The van der Waals surface area contributed by atoms with E-state index in [1.54, 1.807) is 0 Å². The van der Waals surface area contributed by atoms with Crippen LogP contribution in [0, 0.1) is 0 Å². The molecule has 0 spiro atoms. The molecule has 8 aromatic carbocycles. The molecule has 0 radical (unpaired) electrons. The first-order chi connectivity index (χ1) is 34.2. The molecule has 2 fully saturated rings. The zero-order valence-electron chi connectivity index (χ0n) is 39.0. The Morgan fingerprint density at radius 1 is 0.261 bits per heavy atom. The number of para-hydroxylation sites is 4. The first kappa shape index (κ1) is 42.6. The van der Waals surface area contributed by atoms with Crippen LogP contribution < -0.4 is 4.90 Å². The molecule has 2 aliphatic carbocycles. The summed E-state index contributed by atoms with van der Waals surface area (Å²) in [5, 5.41) is 0. The fraction of sp³-hybridized carbons (Fsp3) is 0.188. The SMILES string of the molecule is c1ccc(-c2ccc(N(c3ccc(-c4ccc(-c5nc6ccccc6nc5C5CCCCC5)cc4)cc3)c3ccc(-c4ccc(-c5nc6ccccc6nc5C5CCCCC5)cc4)cc3)cc2)cc1. The monoisotopic (exact) mass is 893 g/mol. The summed E-state index contributed by atoms with van der Waals surface area (Å²) in [7, 11) is 0. The smallest absolute Gasteiger partial charge is 0.0928 e. The summed E-state index contributed by atoms with van der Waals surface area (Å²) in [5.41, 5.74) is 20.8. The van der Waals surface area contributed by atoms with Crippen molar-refractivity contribution in [3.8, 4) is 55.9 Å². The van der Waals surface area contributed by atoms with E-state index < -0.39 is 0 Å². The number of hydrogen-bond donors (Lipinski definition) is 0. The minimum absolute atomic E-state index is 0.454. The van der Waals surface area contributed by atoms with Gasteiger partial charge in [-0.3, -0.25) is 0 Å². The highest BCUT2D eigenvalue weighted by Crippen LogP contribution is 2.41. The molecule has 69 heavy (non-hydrogen) atoms. The Morgan fingerprint density at radius 3 is 0.884 bits per heavy atom. The Morgan fingerprint density at radius 2 is 0.536 bits per heavy atom. The summed E-state index contributed by atoms with van der Waals surface area (Å²) in [4.78, 5) is 23.3. The van der Waals surface area contributed by atoms with Crippen LogP contribution in [0.5, 0.6) is 0 Å². The average Bonchev–Trinajstić information content (AvgIpc) is 3.44. The van der Waals surface area contributed by atoms with Gasteiger partial charge in [-0.15, -0.1) is 0 Å². The summed E-state index contributed by atoms with van der Waals surface area (Å²) in [6.07, 6.45) is 12.4. The van der Waals surface area contributed by atoms with Crippen molar-refractivity contribution in [3.63, 3.8) is 0 Å². The highest BCUT2D eigenvalue weighted by atomic mass is 15.1. The predicted octanol–water partition coefficient (Wildman–Crippen LogP) is 17.5. The first-order valence-corrected chi connectivity index (χ1v) is 25.1. The van der Waals surface area contributed by atoms with E-state index in [-0.39, 0.29) is 0 Å². The number of rotatable bonds is 10.